The van der Waals surface area contributed by atoms with Crippen LogP contribution in [-0.4, -0.2) is 25.5 Å². The van der Waals surface area contributed by atoms with Crippen LogP contribution >= 0.6 is 0 Å². The zero-order chi connectivity index (χ0) is 14.1. The molecule has 4 heteroatoms. The molecular weight excluding hydrogens is 258 g/mol. The van der Waals surface area contributed by atoms with Gasteiger partial charge in [0.25, 0.3) is 0 Å². The second-order valence-electron chi connectivity index (χ2n) is 6.13. The molecule has 1 N–H and O–H groups in total. The van der Waals surface area contributed by atoms with Crippen molar-refractivity contribution >= 4 is 9.84 Å². The highest BCUT2D eigenvalue weighted by Gasteiger charge is 2.36. The smallest absolute Gasteiger partial charge is 0.153 e. The zero-order valence-corrected chi connectivity index (χ0v) is 12.8. The molecule has 0 amide bonds. The second kappa shape index (κ2) is 5.25. The van der Waals surface area contributed by atoms with Crippen molar-refractivity contribution in [3.05, 3.63) is 35.4 Å². The van der Waals surface area contributed by atoms with Crippen LogP contribution in [0.3, 0.4) is 0 Å². The average molecular weight is 281 g/mol. The predicted octanol–water partition coefficient (Wildman–Crippen LogP) is 2.48. The molecule has 106 valence electrons. The maximum Gasteiger partial charge on any atom is 0.153 e. The standard InChI is InChI=1S/C15H23NO2S/c1-4-5-12-6-8-13(9-7-12)14-10-19(17,18)11-15(2,3)16-14/h6-9,14,16H,4-5,10-11H2,1-3H3. The Hall–Kier alpha value is -0.870. The van der Waals surface area contributed by atoms with E-state index in [2.05, 4.69) is 36.5 Å². The summed E-state index contributed by atoms with van der Waals surface area (Å²) in [6.07, 6.45) is 2.20. The Labute approximate surface area is 116 Å². The fourth-order valence-electron chi connectivity index (χ4n) is 2.80. The number of aryl methyl sites for hydroxylation is 1. The first-order chi connectivity index (χ1) is 8.81. The normalized spacial score (nSPS) is 25.1. The minimum atomic E-state index is -2.97. The van der Waals surface area contributed by atoms with E-state index in [0.717, 1.165) is 18.4 Å². The molecule has 3 nitrogen and oxygen atoms in total. The third kappa shape index (κ3) is 3.80. The lowest BCUT2D eigenvalue weighted by atomic mass is 10.00. The molecule has 2 rings (SSSR count). The Morgan fingerprint density at radius 3 is 2.42 bits per heavy atom. The lowest BCUT2D eigenvalue weighted by Crippen LogP contribution is -2.54. The van der Waals surface area contributed by atoms with Crippen molar-refractivity contribution in [1.82, 2.24) is 5.32 Å². The molecule has 1 aliphatic rings. The number of rotatable bonds is 3. The van der Waals surface area contributed by atoms with Crippen molar-refractivity contribution in [3.8, 4) is 0 Å². The Balaban J connectivity index is 2.21. The van der Waals surface area contributed by atoms with Crippen LogP contribution in [0, 0.1) is 0 Å². The molecule has 19 heavy (non-hydrogen) atoms. The van der Waals surface area contributed by atoms with Crippen molar-refractivity contribution < 1.29 is 8.42 Å². The third-order valence-corrected chi connectivity index (χ3v) is 5.49. The Morgan fingerprint density at radius 1 is 1.26 bits per heavy atom. The summed E-state index contributed by atoms with van der Waals surface area (Å²) in [6.45, 7) is 6.05. The Bertz CT molecular complexity index is 532. The molecule has 0 aliphatic carbocycles. The summed E-state index contributed by atoms with van der Waals surface area (Å²) < 4.78 is 24.0. The monoisotopic (exact) mass is 281 g/mol. The average Bonchev–Trinajstić information content (AvgIpc) is 2.26. The molecule has 1 atom stereocenters. The second-order valence-corrected chi connectivity index (χ2v) is 8.24. The van der Waals surface area contributed by atoms with E-state index >= 15 is 0 Å². The van der Waals surface area contributed by atoms with Gasteiger partial charge in [-0.05, 0) is 31.4 Å². The first-order valence-electron chi connectivity index (χ1n) is 6.88. The van der Waals surface area contributed by atoms with E-state index in [0.29, 0.717) is 0 Å². The van der Waals surface area contributed by atoms with Gasteiger partial charge in [-0.2, -0.15) is 0 Å². The third-order valence-electron chi connectivity index (χ3n) is 3.49. The van der Waals surface area contributed by atoms with Crippen LogP contribution in [0.25, 0.3) is 0 Å². The summed E-state index contributed by atoms with van der Waals surface area (Å²) in [4.78, 5) is 0. The highest BCUT2D eigenvalue weighted by atomic mass is 32.2. The summed E-state index contributed by atoms with van der Waals surface area (Å²) in [5.74, 6) is 0.411. The quantitative estimate of drug-likeness (QED) is 0.926. The molecule has 0 aromatic heterocycles. The summed E-state index contributed by atoms with van der Waals surface area (Å²) in [5, 5.41) is 3.44. The van der Waals surface area contributed by atoms with E-state index in [1.807, 2.05) is 13.8 Å². The molecular formula is C15H23NO2S. The highest BCUT2D eigenvalue weighted by molar-refractivity contribution is 7.91. The van der Waals surface area contributed by atoms with Gasteiger partial charge in [0, 0.05) is 11.6 Å². The first-order valence-corrected chi connectivity index (χ1v) is 8.70. The van der Waals surface area contributed by atoms with Gasteiger partial charge in [0.2, 0.25) is 0 Å². The predicted molar refractivity (Wildman–Crippen MR) is 79.0 cm³/mol. The minimum absolute atomic E-state index is 0.0931. The molecule has 1 aromatic rings. The number of hydrogen-bond donors (Lipinski definition) is 1. The van der Waals surface area contributed by atoms with Gasteiger partial charge in [0.15, 0.2) is 9.84 Å². The largest absolute Gasteiger partial charge is 0.303 e. The van der Waals surface area contributed by atoms with Crippen LogP contribution < -0.4 is 5.32 Å². The van der Waals surface area contributed by atoms with Crippen LogP contribution in [0.15, 0.2) is 24.3 Å². The van der Waals surface area contributed by atoms with Gasteiger partial charge in [0.05, 0.1) is 11.5 Å². The van der Waals surface area contributed by atoms with Crippen LogP contribution in [-0.2, 0) is 16.3 Å². The maximum atomic E-state index is 12.0. The van der Waals surface area contributed by atoms with Crippen molar-refractivity contribution in [2.24, 2.45) is 0 Å². The van der Waals surface area contributed by atoms with Gasteiger partial charge in [-0.15, -0.1) is 0 Å². The molecule has 0 bridgehead atoms. The molecule has 1 unspecified atom stereocenters. The molecule has 0 spiro atoms. The fourth-order valence-corrected chi connectivity index (χ4v) is 4.89. The van der Waals surface area contributed by atoms with Gasteiger partial charge < -0.3 is 5.32 Å². The van der Waals surface area contributed by atoms with Crippen molar-refractivity contribution in [1.29, 1.82) is 0 Å². The van der Waals surface area contributed by atoms with Crippen LogP contribution in [0.4, 0.5) is 0 Å². The van der Waals surface area contributed by atoms with Crippen LogP contribution in [0.2, 0.25) is 0 Å². The van der Waals surface area contributed by atoms with Gasteiger partial charge in [-0.1, -0.05) is 37.6 Å². The molecule has 0 radical (unpaired) electrons. The number of nitrogens with one attached hydrogen (secondary N) is 1. The molecule has 1 fully saturated rings. The van der Waals surface area contributed by atoms with E-state index in [4.69, 9.17) is 0 Å². The van der Waals surface area contributed by atoms with Crippen LogP contribution in [0.1, 0.15) is 44.4 Å². The first kappa shape index (κ1) is 14.5. The Morgan fingerprint density at radius 2 is 1.89 bits per heavy atom. The lowest BCUT2D eigenvalue weighted by Gasteiger charge is -2.37. The van der Waals surface area contributed by atoms with Crippen molar-refractivity contribution in [2.75, 3.05) is 11.5 Å². The van der Waals surface area contributed by atoms with Gasteiger partial charge in [-0.25, -0.2) is 8.42 Å². The summed E-state index contributed by atoms with van der Waals surface area (Å²) in [7, 11) is -2.97. The number of sulfone groups is 1. The van der Waals surface area contributed by atoms with E-state index in [1.54, 1.807) is 0 Å². The molecule has 1 saturated heterocycles. The fraction of sp³-hybridized carbons (Fsp3) is 0.600. The van der Waals surface area contributed by atoms with Crippen molar-refractivity contribution in [2.45, 2.75) is 45.2 Å². The number of benzene rings is 1. The van der Waals surface area contributed by atoms with Gasteiger partial charge in [0.1, 0.15) is 0 Å². The number of hydrogen-bond acceptors (Lipinski definition) is 3. The van der Waals surface area contributed by atoms with Gasteiger partial charge in [-0.3, -0.25) is 0 Å². The van der Waals surface area contributed by atoms with E-state index in [1.165, 1.54) is 5.56 Å². The zero-order valence-electron chi connectivity index (χ0n) is 11.9. The van der Waals surface area contributed by atoms with Crippen molar-refractivity contribution in [3.63, 3.8) is 0 Å². The summed E-state index contributed by atoms with van der Waals surface area (Å²) in [6, 6.07) is 8.23. The van der Waals surface area contributed by atoms with E-state index < -0.39 is 9.84 Å². The summed E-state index contributed by atoms with van der Waals surface area (Å²) in [5.41, 5.74) is 2.02. The Kier molecular flexibility index (Phi) is 4.02. The summed E-state index contributed by atoms with van der Waals surface area (Å²) >= 11 is 0. The SMILES string of the molecule is CCCc1ccc(C2CS(=O)(=O)CC(C)(C)N2)cc1. The van der Waals surface area contributed by atoms with Gasteiger partial charge >= 0.3 is 0 Å². The highest BCUT2D eigenvalue weighted by Crippen LogP contribution is 2.26. The van der Waals surface area contributed by atoms with E-state index in [9.17, 15) is 8.42 Å². The molecule has 1 aromatic carbocycles. The molecule has 1 aliphatic heterocycles. The minimum Gasteiger partial charge on any atom is -0.303 e. The van der Waals surface area contributed by atoms with E-state index in [-0.39, 0.29) is 23.1 Å². The maximum absolute atomic E-state index is 12.0. The van der Waals surface area contributed by atoms with Crippen LogP contribution in [0.5, 0.6) is 0 Å². The molecule has 0 saturated carbocycles. The lowest BCUT2D eigenvalue weighted by molar-refractivity contribution is 0.360. The molecule has 1 heterocycles. The topological polar surface area (TPSA) is 46.2 Å².